The van der Waals surface area contributed by atoms with E-state index in [0.29, 0.717) is 0 Å². The minimum Gasteiger partial charge on any atom is -0.379 e. The van der Waals surface area contributed by atoms with Crippen molar-refractivity contribution < 1.29 is 36.2 Å². The number of morpholine rings is 1. The maximum Gasteiger partial charge on any atom is 0.297 e. The Bertz CT molecular complexity index is 1160. The summed E-state index contributed by atoms with van der Waals surface area (Å²) in [7, 11) is -3.87. The van der Waals surface area contributed by atoms with Crippen LogP contribution in [-0.2, 0) is 34.8 Å². The molecule has 2 aromatic rings. The highest BCUT2D eigenvalue weighted by Gasteiger charge is 2.57. The molecule has 0 N–H and O–H groups in total. The highest BCUT2D eigenvalue weighted by molar-refractivity contribution is 7.89. The summed E-state index contributed by atoms with van der Waals surface area (Å²) in [6.45, 7) is 1.15. The van der Waals surface area contributed by atoms with Gasteiger partial charge in [0.25, 0.3) is 11.7 Å². The molecular formula is C20H18F2N2O6S. The first-order valence-electron chi connectivity index (χ1n) is 9.64. The summed E-state index contributed by atoms with van der Waals surface area (Å²) in [5, 5.41) is 0. The summed E-state index contributed by atoms with van der Waals surface area (Å²) in [6.07, 6.45) is 0. The van der Waals surface area contributed by atoms with Gasteiger partial charge in [-0.15, -0.1) is 0 Å². The van der Waals surface area contributed by atoms with Gasteiger partial charge >= 0.3 is 0 Å². The van der Waals surface area contributed by atoms with Crippen LogP contribution in [0.15, 0.2) is 41.3 Å². The number of rotatable bonds is 3. The van der Waals surface area contributed by atoms with E-state index in [1.165, 1.54) is 22.5 Å². The molecule has 0 unspecified atom stereocenters. The SMILES string of the molecule is O=C1N(c2cc(F)ccc2F)c2ccc(S(=O)(=O)N3CCOCC3)cc2C12OCCO2. The van der Waals surface area contributed by atoms with Gasteiger partial charge in [-0.25, -0.2) is 17.2 Å². The summed E-state index contributed by atoms with van der Waals surface area (Å²) in [5.74, 6) is -4.23. The molecule has 8 nitrogen and oxygen atoms in total. The Hall–Kier alpha value is -2.44. The molecule has 0 saturated carbocycles. The summed E-state index contributed by atoms with van der Waals surface area (Å²) in [4.78, 5) is 14.2. The summed E-state index contributed by atoms with van der Waals surface area (Å²) < 4.78 is 72.3. The normalized spacial score (nSPS) is 21.1. The Kier molecular flexibility index (Phi) is 4.83. The van der Waals surface area contributed by atoms with Crippen molar-refractivity contribution in [2.24, 2.45) is 0 Å². The number of fused-ring (bicyclic) bond motifs is 2. The molecule has 5 rings (SSSR count). The van der Waals surface area contributed by atoms with E-state index in [1.54, 1.807) is 0 Å². The van der Waals surface area contributed by atoms with Crippen LogP contribution in [0.4, 0.5) is 20.2 Å². The molecule has 1 spiro atoms. The zero-order valence-corrected chi connectivity index (χ0v) is 17.0. The highest BCUT2D eigenvalue weighted by atomic mass is 32.2. The van der Waals surface area contributed by atoms with Gasteiger partial charge in [0.15, 0.2) is 0 Å². The molecule has 2 saturated heterocycles. The predicted molar refractivity (Wildman–Crippen MR) is 103 cm³/mol. The Labute approximate surface area is 177 Å². The van der Waals surface area contributed by atoms with Crippen LogP contribution in [0.2, 0.25) is 0 Å². The second kappa shape index (κ2) is 7.31. The van der Waals surface area contributed by atoms with Gasteiger partial charge in [-0.2, -0.15) is 4.31 Å². The van der Waals surface area contributed by atoms with E-state index in [9.17, 15) is 22.0 Å². The summed E-state index contributed by atoms with van der Waals surface area (Å²) >= 11 is 0. The van der Waals surface area contributed by atoms with Gasteiger partial charge in [0.2, 0.25) is 10.0 Å². The number of benzene rings is 2. The smallest absolute Gasteiger partial charge is 0.297 e. The average Bonchev–Trinajstić information content (AvgIpc) is 3.36. The standard InChI is InChI=1S/C20H18F2N2O6S/c21-13-1-3-16(22)18(11-13)24-17-4-2-14(31(26,27)23-5-7-28-8-6-23)12-15(17)20(19(24)25)29-9-10-30-20/h1-4,11-12H,5-10H2. The Balaban J connectivity index is 1.65. The molecule has 3 aliphatic rings. The molecule has 0 radical (unpaired) electrons. The minimum absolute atomic E-state index is 0.0546. The number of nitrogens with zero attached hydrogens (tertiary/aromatic N) is 2. The Morgan fingerprint density at radius 3 is 2.32 bits per heavy atom. The lowest BCUT2D eigenvalue weighted by atomic mass is 10.1. The molecule has 31 heavy (non-hydrogen) atoms. The van der Waals surface area contributed by atoms with Gasteiger partial charge in [-0.3, -0.25) is 9.69 Å². The maximum absolute atomic E-state index is 14.5. The molecule has 1 amide bonds. The molecule has 164 valence electrons. The van der Waals surface area contributed by atoms with E-state index in [4.69, 9.17) is 14.2 Å². The Morgan fingerprint density at radius 2 is 1.61 bits per heavy atom. The van der Waals surface area contributed by atoms with Gasteiger partial charge in [0.1, 0.15) is 11.6 Å². The molecule has 2 aromatic carbocycles. The number of carbonyl (C=O) groups is 1. The van der Waals surface area contributed by atoms with Crippen molar-refractivity contribution in [3.05, 3.63) is 53.6 Å². The zero-order valence-electron chi connectivity index (χ0n) is 16.2. The molecule has 0 atom stereocenters. The molecule has 3 heterocycles. The molecule has 11 heteroatoms. The van der Waals surface area contributed by atoms with Crippen molar-refractivity contribution in [3.63, 3.8) is 0 Å². The van der Waals surface area contributed by atoms with E-state index in [1.807, 2.05) is 0 Å². The van der Waals surface area contributed by atoms with Gasteiger partial charge in [-0.1, -0.05) is 0 Å². The van der Waals surface area contributed by atoms with Crippen molar-refractivity contribution in [2.45, 2.75) is 10.7 Å². The molecular weight excluding hydrogens is 434 g/mol. The van der Waals surface area contributed by atoms with Crippen LogP contribution >= 0.6 is 0 Å². The van der Waals surface area contributed by atoms with Crippen LogP contribution in [-0.4, -0.2) is 58.1 Å². The first-order valence-corrected chi connectivity index (χ1v) is 11.1. The van der Waals surface area contributed by atoms with Crippen LogP contribution in [0.1, 0.15) is 5.56 Å². The Morgan fingerprint density at radius 1 is 0.903 bits per heavy atom. The second-order valence-electron chi connectivity index (χ2n) is 7.25. The molecule has 0 bridgehead atoms. The van der Waals surface area contributed by atoms with Crippen molar-refractivity contribution in [2.75, 3.05) is 44.4 Å². The predicted octanol–water partition coefficient (Wildman–Crippen LogP) is 1.86. The van der Waals surface area contributed by atoms with Crippen LogP contribution in [0.5, 0.6) is 0 Å². The quantitative estimate of drug-likeness (QED) is 0.707. The zero-order chi connectivity index (χ0) is 21.8. The van der Waals surface area contributed by atoms with Crippen molar-refractivity contribution in [1.82, 2.24) is 4.31 Å². The number of halogens is 2. The number of ether oxygens (including phenoxy) is 3. The van der Waals surface area contributed by atoms with E-state index < -0.39 is 33.4 Å². The second-order valence-corrected chi connectivity index (χ2v) is 9.18. The van der Waals surface area contributed by atoms with Gasteiger partial charge in [0, 0.05) is 24.7 Å². The van der Waals surface area contributed by atoms with Crippen LogP contribution in [0.25, 0.3) is 0 Å². The van der Waals surface area contributed by atoms with Crippen LogP contribution < -0.4 is 4.90 Å². The maximum atomic E-state index is 14.5. The fraction of sp³-hybridized carbons (Fsp3) is 0.350. The molecule has 0 aromatic heterocycles. The highest BCUT2D eigenvalue weighted by Crippen LogP contribution is 2.50. The third-order valence-electron chi connectivity index (χ3n) is 5.50. The number of sulfonamides is 1. The average molecular weight is 452 g/mol. The first kappa shape index (κ1) is 20.5. The van der Waals surface area contributed by atoms with Crippen LogP contribution in [0.3, 0.4) is 0 Å². The molecule has 3 aliphatic heterocycles. The fourth-order valence-electron chi connectivity index (χ4n) is 4.03. The molecule has 2 fully saturated rings. The van der Waals surface area contributed by atoms with Crippen molar-refractivity contribution in [3.8, 4) is 0 Å². The van der Waals surface area contributed by atoms with Crippen molar-refractivity contribution in [1.29, 1.82) is 0 Å². The van der Waals surface area contributed by atoms with Gasteiger partial charge < -0.3 is 14.2 Å². The van der Waals surface area contributed by atoms with E-state index in [0.717, 1.165) is 23.1 Å². The summed E-state index contributed by atoms with van der Waals surface area (Å²) in [5.41, 5.74) is -0.0173. The fourth-order valence-corrected chi connectivity index (χ4v) is 5.46. The monoisotopic (exact) mass is 452 g/mol. The van der Waals surface area contributed by atoms with Gasteiger partial charge in [-0.05, 0) is 30.3 Å². The third kappa shape index (κ3) is 3.07. The number of hydrogen-bond acceptors (Lipinski definition) is 6. The van der Waals surface area contributed by atoms with Crippen LogP contribution in [0, 0.1) is 11.6 Å². The summed E-state index contributed by atoms with van der Waals surface area (Å²) in [6, 6.07) is 6.76. The number of amides is 1. The first-order chi connectivity index (χ1) is 14.8. The van der Waals surface area contributed by atoms with E-state index >= 15 is 0 Å². The lowest BCUT2D eigenvalue weighted by Gasteiger charge is -2.26. The minimum atomic E-state index is -3.87. The third-order valence-corrected chi connectivity index (χ3v) is 7.39. The number of anilines is 2. The lowest BCUT2D eigenvalue weighted by Crippen LogP contribution is -2.41. The van der Waals surface area contributed by atoms with Crippen molar-refractivity contribution >= 4 is 27.3 Å². The molecule has 0 aliphatic carbocycles. The number of carbonyl (C=O) groups excluding carboxylic acids is 1. The van der Waals surface area contributed by atoms with E-state index in [2.05, 4.69) is 0 Å². The van der Waals surface area contributed by atoms with E-state index in [-0.39, 0.29) is 61.4 Å². The topological polar surface area (TPSA) is 85.4 Å². The largest absolute Gasteiger partial charge is 0.379 e. The number of hydrogen-bond donors (Lipinski definition) is 0. The van der Waals surface area contributed by atoms with Gasteiger partial charge in [0.05, 0.1) is 42.7 Å². The lowest BCUT2D eigenvalue weighted by molar-refractivity contribution is -0.180.